The van der Waals surface area contributed by atoms with Gasteiger partial charge >= 0.3 is 5.97 Å². The third kappa shape index (κ3) is 2.50. The van der Waals surface area contributed by atoms with E-state index in [-0.39, 0.29) is 24.0 Å². The van der Waals surface area contributed by atoms with Crippen LogP contribution in [0.3, 0.4) is 0 Å². The van der Waals surface area contributed by atoms with Gasteiger partial charge in [-0.3, -0.25) is 19.1 Å². The van der Waals surface area contributed by atoms with Gasteiger partial charge in [-0.1, -0.05) is 48.5 Å². The van der Waals surface area contributed by atoms with Gasteiger partial charge in [0.1, 0.15) is 6.04 Å². The first-order chi connectivity index (χ1) is 13.7. The number of esters is 1. The van der Waals surface area contributed by atoms with Crippen LogP contribution in [0.15, 0.2) is 54.6 Å². The van der Waals surface area contributed by atoms with Crippen molar-refractivity contribution in [1.29, 1.82) is 0 Å². The maximum atomic E-state index is 12.8. The molecule has 0 unspecified atom stereocenters. The van der Waals surface area contributed by atoms with E-state index < -0.39 is 0 Å². The van der Waals surface area contributed by atoms with Gasteiger partial charge in [-0.15, -0.1) is 0 Å². The number of methoxy groups -OCH3 is 1. The lowest BCUT2D eigenvalue weighted by Gasteiger charge is -2.43. The second kappa shape index (κ2) is 6.60. The summed E-state index contributed by atoms with van der Waals surface area (Å²) in [5, 5.41) is 1.08. The zero-order valence-corrected chi connectivity index (χ0v) is 15.8. The summed E-state index contributed by atoms with van der Waals surface area (Å²) in [7, 11) is 1.45. The van der Waals surface area contributed by atoms with E-state index in [0.29, 0.717) is 19.4 Å². The molecule has 0 fully saturated rings. The van der Waals surface area contributed by atoms with Crippen molar-refractivity contribution in [3.8, 4) is 0 Å². The molecule has 28 heavy (non-hydrogen) atoms. The summed E-state index contributed by atoms with van der Waals surface area (Å²) in [6, 6.07) is 17.9. The fourth-order valence-electron chi connectivity index (χ4n) is 4.89. The Kier molecular flexibility index (Phi) is 4.05. The monoisotopic (exact) mass is 374 g/mol. The molecule has 0 aliphatic carbocycles. The summed E-state index contributed by atoms with van der Waals surface area (Å²) in [5.74, 6) is -0.0693. The minimum Gasteiger partial charge on any atom is -0.468 e. The summed E-state index contributed by atoms with van der Waals surface area (Å²) >= 11 is 0. The van der Waals surface area contributed by atoms with Crippen LogP contribution < -0.4 is 0 Å². The van der Waals surface area contributed by atoms with E-state index in [1.165, 1.54) is 7.11 Å². The topological polar surface area (TPSA) is 51.5 Å². The van der Waals surface area contributed by atoms with E-state index in [1.54, 1.807) is 0 Å². The van der Waals surface area contributed by atoms with Gasteiger partial charge in [0.25, 0.3) is 0 Å². The third-order valence-corrected chi connectivity index (χ3v) is 6.10. The molecule has 0 spiro atoms. The van der Waals surface area contributed by atoms with Crippen LogP contribution in [0.5, 0.6) is 0 Å². The molecule has 0 N–H and O–H groups in total. The number of aromatic nitrogens is 1. The molecule has 2 aromatic carbocycles. The molecular formula is C23H22N2O3. The summed E-state index contributed by atoms with van der Waals surface area (Å²) in [6.45, 7) is 0.653. The van der Waals surface area contributed by atoms with Gasteiger partial charge in [0.05, 0.1) is 18.7 Å². The average Bonchev–Trinajstić information content (AvgIpc) is 3.07. The lowest BCUT2D eigenvalue weighted by molar-refractivity contribution is -0.149. The van der Waals surface area contributed by atoms with Gasteiger partial charge in [-0.2, -0.15) is 0 Å². The molecule has 0 saturated heterocycles. The van der Waals surface area contributed by atoms with E-state index in [2.05, 4.69) is 23.1 Å². The fraction of sp³-hybridized carbons (Fsp3) is 0.304. The molecule has 1 aromatic heterocycles. The predicted molar refractivity (Wildman–Crippen MR) is 106 cm³/mol. The Morgan fingerprint density at radius 1 is 1.11 bits per heavy atom. The maximum Gasteiger partial charge on any atom is 0.323 e. The molecule has 5 nitrogen and oxygen atoms in total. The molecule has 5 rings (SSSR count). The normalized spacial score (nSPS) is 21.5. The minimum atomic E-state index is -0.352. The first kappa shape index (κ1) is 17.2. The van der Waals surface area contributed by atoms with E-state index in [1.807, 2.05) is 41.0 Å². The number of para-hydroxylation sites is 1. The summed E-state index contributed by atoms with van der Waals surface area (Å²) < 4.78 is 7.06. The van der Waals surface area contributed by atoms with Crippen LogP contribution in [-0.2, 0) is 22.5 Å². The van der Waals surface area contributed by atoms with E-state index in [0.717, 1.165) is 34.1 Å². The number of carbonyl (C=O) groups is 2. The summed E-state index contributed by atoms with van der Waals surface area (Å²) in [4.78, 5) is 27.7. The second-order valence-electron chi connectivity index (χ2n) is 7.57. The summed E-state index contributed by atoms with van der Waals surface area (Å²) in [6.07, 6.45) is 1.77. The van der Waals surface area contributed by atoms with Crippen LogP contribution in [0, 0.1) is 0 Å². The number of rotatable bonds is 3. The van der Waals surface area contributed by atoms with Crippen molar-refractivity contribution in [3.63, 3.8) is 0 Å². The Hall–Kier alpha value is -2.92. The largest absolute Gasteiger partial charge is 0.468 e. The van der Waals surface area contributed by atoms with Crippen LogP contribution in [-0.4, -0.2) is 34.5 Å². The molecule has 0 radical (unpaired) electrons. The Morgan fingerprint density at radius 3 is 2.64 bits per heavy atom. The van der Waals surface area contributed by atoms with Crippen molar-refractivity contribution in [3.05, 3.63) is 71.4 Å². The zero-order chi connectivity index (χ0) is 19.3. The number of fused-ring (bicyclic) bond motifs is 3. The first-order valence-electron chi connectivity index (χ1n) is 9.72. The molecule has 5 heteroatoms. The van der Waals surface area contributed by atoms with Crippen LogP contribution in [0.4, 0.5) is 0 Å². The Balaban J connectivity index is 1.69. The molecular weight excluding hydrogens is 352 g/mol. The van der Waals surface area contributed by atoms with Crippen molar-refractivity contribution < 1.29 is 14.3 Å². The zero-order valence-electron chi connectivity index (χ0n) is 15.8. The summed E-state index contributed by atoms with van der Waals surface area (Å²) in [5.41, 5.74) is 4.29. The number of benzene rings is 2. The number of ether oxygens (including phenoxy) is 1. The van der Waals surface area contributed by atoms with Gasteiger partial charge in [-0.05, 0) is 23.6 Å². The predicted octanol–water partition coefficient (Wildman–Crippen LogP) is 3.72. The van der Waals surface area contributed by atoms with E-state index in [4.69, 9.17) is 4.74 Å². The molecule has 2 aliphatic rings. The van der Waals surface area contributed by atoms with Crippen molar-refractivity contribution in [2.45, 2.75) is 37.9 Å². The second-order valence-corrected chi connectivity index (χ2v) is 7.57. The first-order valence-corrected chi connectivity index (χ1v) is 9.72. The number of nitrogens with zero attached hydrogens (tertiary/aromatic N) is 2. The SMILES string of the molecule is COC(=O)[C@H]1Cc2c3n(c4ccccc24)C(=O)CC[C@@H]3N1Cc1ccccc1. The lowest BCUT2D eigenvalue weighted by Crippen LogP contribution is -2.50. The van der Waals surface area contributed by atoms with E-state index in [9.17, 15) is 9.59 Å². The number of hydrogen-bond donors (Lipinski definition) is 0. The Bertz CT molecular complexity index is 1070. The van der Waals surface area contributed by atoms with Gasteiger partial charge in [0, 0.05) is 30.5 Å². The van der Waals surface area contributed by atoms with Gasteiger partial charge in [0.2, 0.25) is 5.91 Å². The van der Waals surface area contributed by atoms with E-state index >= 15 is 0 Å². The van der Waals surface area contributed by atoms with Crippen LogP contribution in [0.25, 0.3) is 10.9 Å². The average molecular weight is 374 g/mol. The molecule has 142 valence electrons. The van der Waals surface area contributed by atoms with Crippen LogP contribution in [0.2, 0.25) is 0 Å². The van der Waals surface area contributed by atoms with Crippen molar-refractivity contribution in [2.24, 2.45) is 0 Å². The molecule has 0 amide bonds. The van der Waals surface area contributed by atoms with Gasteiger partial charge in [-0.25, -0.2) is 0 Å². The van der Waals surface area contributed by atoms with Crippen LogP contribution in [0.1, 0.15) is 40.5 Å². The van der Waals surface area contributed by atoms with Gasteiger partial charge < -0.3 is 4.74 Å². The Morgan fingerprint density at radius 2 is 1.86 bits per heavy atom. The smallest absolute Gasteiger partial charge is 0.323 e. The van der Waals surface area contributed by atoms with Crippen LogP contribution >= 0.6 is 0 Å². The molecule has 3 heterocycles. The number of hydrogen-bond acceptors (Lipinski definition) is 4. The quantitative estimate of drug-likeness (QED) is 0.656. The highest BCUT2D eigenvalue weighted by Crippen LogP contribution is 2.44. The fourth-order valence-corrected chi connectivity index (χ4v) is 4.89. The Labute approximate surface area is 163 Å². The van der Waals surface area contributed by atoms with Crippen molar-refractivity contribution in [1.82, 2.24) is 9.47 Å². The highest BCUT2D eigenvalue weighted by Gasteiger charge is 2.44. The molecule has 2 atom stereocenters. The highest BCUT2D eigenvalue weighted by atomic mass is 16.5. The van der Waals surface area contributed by atoms with Gasteiger partial charge in [0.15, 0.2) is 0 Å². The lowest BCUT2D eigenvalue weighted by atomic mass is 9.87. The maximum absolute atomic E-state index is 12.8. The highest BCUT2D eigenvalue weighted by molar-refractivity contribution is 5.98. The standard InChI is InChI=1S/C23H22N2O3/c1-28-23(27)20-13-17-16-9-5-6-10-18(16)25-21(26)12-11-19(22(17)25)24(20)14-15-7-3-2-4-8-15/h2-10,19-20H,11-14H2,1H3/t19-,20+/m0/s1. The molecule has 2 aliphatic heterocycles. The molecule has 0 bridgehead atoms. The molecule has 3 aromatic rings. The van der Waals surface area contributed by atoms with Crippen molar-refractivity contribution in [2.75, 3.05) is 7.11 Å². The third-order valence-electron chi connectivity index (χ3n) is 6.10. The molecule has 0 saturated carbocycles. The van der Waals surface area contributed by atoms with Crippen molar-refractivity contribution >= 4 is 22.8 Å². The minimum absolute atomic E-state index is 0.0261. The number of carbonyl (C=O) groups excluding carboxylic acids is 2.